The van der Waals surface area contributed by atoms with Gasteiger partial charge in [-0.25, -0.2) is 0 Å². The van der Waals surface area contributed by atoms with Gasteiger partial charge in [0.05, 0.1) is 5.69 Å². The summed E-state index contributed by atoms with van der Waals surface area (Å²) in [7, 11) is 0. The molecule has 1 aliphatic carbocycles. The lowest BCUT2D eigenvalue weighted by Gasteiger charge is -2.15. The van der Waals surface area contributed by atoms with Crippen molar-refractivity contribution in [1.29, 1.82) is 0 Å². The Hall–Kier alpha value is -2.15. The number of nitrogens with one attached hydrogen (secondary N) is 2. The van der Waals surface area contributed by atoms with Crippen molar-refractivity contribution in [2.24, 2.45) is 0 Å². The van der Waals surface area contributed by atoms with E-state index in [0.717, 1.165) is 29.4 Å². The van der Waals surface area contributed by atoms with Gasteiger partial charge in [-0.3, -0.25) is 14.7 Å². The van der Waals surface area contributed by atoms with Crippen molar-refractivity contribution in [1.82, 2.24) is 20.4 Å². The van der Waals surface area contributed by atoms with E-state index in [0.29, 0.717) is 23.9 Å². The third-order valence-corrected chi connectivity index (χ3v) is 5.02. The first-order valence-corrected chi connectivity index (χ1v) is 8.84. The fourth-order valence-corrected chi connectivity index (χ4v) is 3.29. The van der Waals surface area contributed by atoms with Crippen LogP contribution in [0.2, 0.25) is 0 Å². The van der Waals surface area contributed by atoms with Gasteiger partial charge in [-0.1, -0.05) is 28.1 Å². The second-order valence-corrected chi connectivity index (χ2v) is 7.17. The third kappa shape index (κ3) is 2.96. The van der Waals surface area contributed by atoms with Crippen LogP contribution in [-0.4, -0.2) is 45.5 Å². The Morgan fingerprint density at radius 2 is 2.00 bits per heavy atom. The van der Waals surface area contributed by atoms with Gasteiger partial charge in [-0.05, 0) is 37.5 Å². The van der Waals surface area contributed by atoms with Crippen LogP contribution in [0.25, 0.3) is 11.3 Å². The maximum absolute atomic E-state index is 12.4. The zero-order valence-corrected chi connectivity index (χ0v) is 14.5. The molecular weight excluding hydrogens is 372 g/mol. The largest absolute Gasteiger partial charge is 0.339 e. The van der Waals surface area contributed by atoms with Crippen molar-refractivity contribution in [3.8, 4) is 11.3 Å². The number of rotatable bonds is 4. The van der Waals surface area contributed by atoms with Crippen LogP contribution in [0.5, 0.6) is 0 Å². The molecule has 1 aromatic heterocycles. The van der Waals surface area contributed by atoms with Crippen molar-refractivity contribution in [3.63, 3.8) is 0 Å². The minimum atomic E-state index is -0.419. The SMILES string of the molecule is O=C(NC1CCN(C2CC2)C1=O)c1cc(-c2ccc(Br)cc2)n[nH]1. The van der Waals surface area contributed by atoms with Crippen LogP contribution in [0.15, 0.2) is 34.8 Å². The van der Waals surface area contributed by atoms with Crippen molar-refractivity contribution < 1.29 is 9.59 Å². The number of halogens is 1. The molecule has 0 bridgehead atoms. The van der Waals surface area contributed by atoms with Crippen LogP contribution < -0.4 is 5.32 Å². The summed E-state index contributed by atoms with van der Waals surface area (Å²) in [6.45, 7) is 0.738. The third-order valence-electron chi connectivity index (χ3n) is 4.50. The van der Waals surface area contributed by atoms with E-state index in [1.807, 2.05) is 29.2 Å². The van der Waals surface area contributed by atoms with Crippen LogP contribution in [0.1, 0.15) is 29.8 Å². The standard InChI is InChI=1S/C17H17BrN4O2/c18-11-3-1-10(2-4-11)14-9-15(21-20-14)16(23)19-13-7-8-22(17(13)24)12-5-6-12/h1-4,9,12-13H,5-8H2,(H,19,23)(H,20,21). The Labute approximate surface area is 147 Å². The number of likely N-dealkylation sites (tertiary alicyclic amines) is 1. The summed E-state index contributed by atoms with van der Waals surface area (Å²) in [5, 5.41) is 9.77. The van der Waals surface area contributed by atoms with Gasteiger partial charge in [0, 0.05) is 22.6 Å². The zero-order valence-electron chi connectivity index (χ0n) is 13.0. The molecule has 1 aliphatic heterocycles. The van der Waals surface area contributed by atoms with Gasteiger partial charge in [-0.2, -0.15) is 5.10 Å². The summed E-state index contributed by atoms with van der Waals surface area (Å²) in [4.78, 5) is 26.6. The van der Waals surface area contributed by atoms with Gasteiger partial charge in [0.25, 0.3) is 5.91 Å². The highest BCUT2D eigenvalue weighted by Gasteiger charge is 2.41. The second-order valence-electron chi connectivity index (χ2n) is 6.25. The number of nitrogens with zero attached hydrogens (tertiary/aromatic N) is 2. The average Bonchev–Trinajstić information content (AvgIpc) is 3.18. The molecule has 24 heavy (non-hydrogen) atoms. The number of hydrogen-bond donors (Lipinski definition) is 2. The number of carbonyl (C=O) groups excluding carboxylic acids is 2. The van der Waals surface area contributed by atoms with Crippen LogP contribution in [0, 0.1) is 0 Å². The summed E-state index contributed by atoms with van der Waals surface area (Å²) >= 11 is 3.39. The molecule has 2 aliphatic rings. The normalized spacial score (nSPS) is 20.5. The highest BCUT2D eigenvalue weighted by atomic mass is 79.9. The molecular formula is C17H17BrN4O2. The highest BCUT2D eigenvalue weighted by Crippen LogP contribution is 2.30. The summed E-state index contributed by atoms with van der Waals surface area (Å²) in [6, 6.07) is 9.39. The van der Waals surface area contributed by atoms with E-state index >= 15 is 0 Å². The van der Waals surface area contributed by atoms with Gasteiger partial charge < -0.3 is 10.2 Å². The number of benzene rings is 1. The molecule has 4 rings (SSSR count). The average molecular weight is 389 g/mol. The molecule has 6 nitrogen and oxygen atoms in total. The van der Waals surface area contributed by atoms with E-state index in [4.69, 9.17) is 0 Å². The first-order chi connectivity index (χ1) is 11.6. The van der Waals surface area contributed by atoms with E-state index in [1.54, 1.807) is 6.07 Å². The van der Waals surface area contributed by atoms with Gasteiger partial charge >= 0.3 is 0 Å². The predicted octanol–water partition coefficient (Wildman–Crippen LogP) is 2.33. The molecule has 2 amide bonds. The summed E-state index contributed by atoms with van der Waals surface area (Å²) in [6.07, 6.45) is 2.85. The molecule has 1 aromatic carbocycles. The molecule has 1 saturated heterocycles. The Balaban J connectivity index is 1.43. The lowest BCUT2D eigenvalue weighted by Crippen LogP contribution is -2.42. The molecule has 0 spiro atoms. The first kappa shape index (κ1) is 15.4. The number of amides is 2. The minimum Gasteiger partial charge on any atom is -0.339 e. The van der Waals surface area contributed by atoms with E-state index in [-0.39, 0.29) is 11.8 Å². The minimum absolute atomic E-state index is 0.0403. The monoisotopic (exact) mass is 388 g/mol. The van der Waals surface area contributed by atoms with Crippen LogP contribution >= 0.6 is 15.9 Å². The van der Waals surface area contributed by atoms with E-state index in [9.17, 15) is 9.59 Å². The molecule has 2 aromatic rings. The summed E-state index contributed by atoms with van der Waals surface area (Å²) < 4.78 is 0.986. The Kier molecular flexibility index (Phi) is 3.88. The van der Waals surface area contributed by atoms with E-state index in [2.05, 4.69) is 31.4 Å². The Bertz CT molecular complexity index is 782. The number of hydrogen-bond acceptors (Lipinski definition) is 3. The van der Waals surface area contributed by atoms with Crippen molar-refractivity contribution in [2.75, 3.05) is 6.54 Å². The number of carbonyl (C=O) groups is 2. The van der Waals surface area contributed by atoms with Gasteiger partial charge in [0.2, 0.25) is 5.91 Å². The molecule has 2 fully saturated rings. The van der Waals surface area contributed by atoms with Crippen molar-refractivity contribution in [2.45, 2.75) is 31.3 Å². The molecule has 1 unspecified atom stereocenters. The Morgan fingerprint density at radius 1 is 1.25 bits per heavy atom. The van der Waals surface area contributed by atoms with Crippen molar-refractivity contribution >= 4 is 27.7 Å². The molecule has 1 atom stereocenters. The smallest absolute Gasteiger partial charge is 0.269 e. The summed E-state index contributed by atoms with van der Waals surface area (Å²) in [5.41, 5.74) is 1.99. The Morgan fingerprint density at radius 3 is 2.71 bits per heavy atom. The highest BCUT2D eigenvalue weighted by molar-refractivity contribution is 9.10. The van der Waals surface area contributed by atoms with Crippen LogP contribution in [-0.2, 0) is 4.79 Å². The molecule has 2 heterocycles. The van der Waals surface area contributed by atoms with Crippen molar-refractivity contribution in [3.05, 3.63) is 40.5 Å². The van der Waals surface area contributed by atoms with Crippen LogP contribution in [0.3, 0.4) is 0 Å². The maximum Gasteiger partial charge on any atom is 0.269 e. The molecule has 124 valence electrons. The van der Waals surface area contributed by atoms with Crippen LogP contribution in [0.4, 0.5) is 0 Å². The number of aromatic nitrogens is 2. The summed E-state index contributed by atoms with van der Waals surface area (Å²) in [5.74, 6) is -0.250. The first-order valence-electron chi connectivity index (χ1n) is 8.04. The molecule has 7 heteroatoms. The van der Waals surface area contributed by atoms with E-state index < -0.39 is 6.04 Å². The van der Waals surface area contributed by atoms with Gasteiger partial charge in [-0.15, -0.1) is 0 Å². The fraction of sp³-hybridized carbons (Fsp3) is 0.353. The topological polar surface area (TPSA) is 78.1 Å². The van der Waals surface area contributed by atoms with Gasteiger partial charge in [0.15, 0.2) is 0 Å². The predicted molar refractivity (Wildman–Crippen MR) is 92.3 cm³/mol. The molecule has 0 radical (unpaired) electrons. The fourth-order valence-electron chi connectivity index (χ4n) is 3.03. The maximum atomic E-state index is 12.4. The second kappa shape index (κ2) is 6.05. The van der Waals surface area contributed by atoms with E-state index in [1.165, 1.54) is 0 Å². The number of aromatic amines is 1. The lowest BCUT2D eigenvalue weighted by molar-refractivity contribution is -0.129. The lowest BCUT2D eigenvalue weighted by atomic mass is 10.1. The molecule has 2 N–H and O–H groups in total. The quantitative estimate of drug-likeness (QED) is 0.843. The number of H-pyrrole nitrogens is 1. The van der Waals surface area contributed by atoms with Gasteiger partial charge in [0.1, 0.15) is 11.7 Å². The molecule has 1 saturated carbocycles. The zero-order chi connectivity index (χ0) is 16.7.